The van der Waals surface area contributed by atoms with Gasteiger partial charge in [-0.2, -0.15) is 0 Å². The summed E-state index contributed by atoms with van der Waals surface area (Å²) < 4.78 is 5.39. The highest BCUT2D eigenvalue weighted by Crippen LogP contribution is 2.19. The molecule has 0 fully saturated rings. The van der Waals surface area contributed by atoms with Crippen LogP contribution in [-0.4, -0.2) is 32.8 Å². The Bertz CT molecular complexity index is 375. The molecule has 0 aromatic heterocycles. The number of rotatable bonds is 7. The molecule has 0 saturated heterocycles. The lowest BCUT2D eigenvalue weighted by molar-refractivity contribution is 0.374. The number of likely N-dealkylation sites (N-methyl/N-ethyl adjacent to an activating group) is 1. The molecule has 1 aromatic carbocycles. The average molecular weight is 250 g/mol. The highest BCUT2D eigenvalue weighted by molar-refractivity contribution is 5.37. The van der Waals surface area contributed by atoms with Crippen molar-refractivity contribution >= 4 is 0 Å². The maximum absolute atomic E-state index is 5.39. The van der Waals surface area contributed by atoms with Gasteiger partial charge in [-0.25, -0.2) is 0 Å². The summed E-state index contributed by atoms with van der Waals surface area (Å²) in [5, 5.41) is 6.76. The minimum absolute atomic E-state index is 0.117. The third-order valence-electron chi connectivity index (χ3n) is 3.05. The third-order valence-corrected chi connectivity index (χ3v) is 3.05. The minimum atomic E-state index is 0.117. The summed E-state index contributed by atoms with van der Waals surface area (Å²) in [7, 11) is 3.71. The highest BCUT2D eigenvalue weighted by atomic mass is 16.5. The van der Waals surface area contributed by atoms with Gasteiger partial charge in [0.1, 0.15) is 5.75 Å². The average Bonchev–Trinajstić information content (AvgIpc) is 2.29. The van der Waals surface area contributed by atoms with Crippen LogP contribution in [0.4, 0.5) is 0 Å². The van der Waals surface area contributed by atoms with Crippen LogP contribution in [-0.2, 0) is 6.42 Å². The predicted octanol–water partition coefficient (Wildman–Crippen LogP) is 2.13. The van der Waals surface area contributed by atoms with Crippen molar-refractivity contribution in [3.05, 3.63) is 29.3 Å². The topological polar surface area (TPSA) is 33.3 Å². The molecule has 3 nitrogen and oxygen atoms in total. The fourth-order valence-corrected chi connectivity index (χ4v) is 2.14. The molecule has 0 unspecified atom stereocenters. The monoisotopic (exact) mass is 250 g/mol. The van der Waals surface area contributed by atoms with Gasteiger partial charge < -0.3 is 15.4 Å². The van der Waals surface area contributed by atoms with E-state index in [9.17, 15) is 0 Å². The number of hydrogen-bond acceptors (Lipinski definition) is 3. The molecule has 0 radical (unpaired) electrons. The number of nitrogens with one attached hydrogen (secondary N) is 2. The first-order chi connectivity index (χ1) is 8.48. The van der Waals surface area contributed by atoms with Gasteiger partial charge >= 0.3 is 0 Å². The molecule has 0 aliphatic carbocycles. The van der Waals surface area contributed by atoms with Gasteiger partial charge in [-0.15, -0.1) is 0 Å². The maximum atomic E-state index is 5.39. The van der Waals surface area contributed by atoms with Crippen LogP contribution < -0.4 is 15.4 Å². The van der Waals surface area contributed by atoms with E-state index in [1.807, 2.05) is 13.1 Å². The van der Waals surface area contributed by atoms with Crippen LogP contribution in [0.25, 0.3) is 0 Å². The molecule has 0 saturated carbocycles. The molecule has 2 N–H and O–H groups in total. The molecule has 0 spiro atoms. The summed E-state index contributed by atoms with van der Waals surface area (Å²) in [6.45, 7) is 8.43. The van der Waals surface area contributed by atoms with Crippen molar-refractivity contribution in [2.24, 2.45) is 0 Å². The maximum Gasteiger partial charge on any atom is 0.122 e. The smallest absolute Gasteiger partial charge is 0.122 e. The van der Waals surface area contributed by atoms with Gasteiger partial charge in [0, 0.05) is 12.1 Å². The van der Waals surface area contributed by atoms with Crippen LogP contribution >= 0.6 is 0 Å². The van der Waals surface area contributed by atoms with Gasteiger partial charge in [0.05, 0.1) is 7.11 Å². The number of benzene rings is 1. The number of hydrogen-bond donors (Lipinski definition) is 2. The molecular weight excluding hydrogens is 224 g/mol. The quantitative estimate of drug-likeness (QED) is 0.778. The van der Waals surface area contributed by atoms with E-state index in [1.54, 1.807) is 7.11 Å². The number of aryl methyl sites for hydroxylation is 1. The Labute approximate surface area is 111 Å². The van der Waals surface area contributed by atoms with Gasteiger partial charge in [0.15, 0.2) is 0 Å². The van der Waals surface area contributed by atoms with Gasteiger partial charge in [0.2, 0.25) is 0 Å². The number of methoxy groups -OCH3 is 1. The number of ether oxygens (including phenoxy) is 1. The van der Waals surface area contributed by atoms with Crippen LogP contribution in [0.1, 0.15) is 25.0 Å². The van der Waals surface area contributed by atoms with Crippen LogP contribution in [0, 0.1) is 6.92 Å². The summed E-state index contributed by atoms with van der Waals surface area (Å²) in [5.41, 5.74) is 2.66. The molecular formula is C15H26N2O. The van der Waals surface area contributed by atoms with E-state index in [2.05, 4.69) is 43.5 Å². The van der Waals surface area contributed by atoms with Gasteiger partial charge in [-0.1, -0.05) is 17.7 Å². The molecule has 0 bridgehead atoms. The molecule has 102 valence electrons. The van der Waals surface area contributed by atoms with E-state index in [0.29, 0.717) is 0 Å². The van der Waals surface area contributed by atoms with Gasteiger partial charge in [0.25, 0.3) is 0 Å². The van der Waals surface area contributed by atoms with E-state index in [1.165, 1.54) is 11.1 Å². The summed E-state index contributed by atoms with van der Waals surface area (Å²) in [5.74, 6) is 0.980. The van der Waals surface area contributed by atoms with Crippen molar-refractivity contribution in [2.75, 3.05) is 27.2 Å². The van der Waals surface area contributed by atoms with Crippen LogP contribution in [0.2, 0.25) is 0 Å². The molecule has 0 aliphatic rings. The van der Waals surface area contributed by atoms with Gasteiger partial charge in [-0.3, -0.25) is 0 Å². The lowest BCUT2D eigenvalue weighted by Crippen LogP contribution is -2.47. The van der Waals surface area contributed by atoms with E-state index in [0.717, 1.165) is 25.3 Å². The SMILES string of the molecule is CNCC(C)(C)NCCc1cc(C)ccc1OC. The van der Waals surface area contributed by atoms with Gasteiger partial charge in [-0.05, 0) is 52.4 Å². The third kappa shape index (κ3) is 4.67. The van der Waals surface area contributed by atoms with E-state index < -0.39 is 0 Å². The molecule has 0 heterocycles. The lowest BCUT2D eigenvalue weighted by Gasteiger charge is -2.26. The first kappa shape index (κ1) is 15.0. The Morgan fingerprint density at radius 3 is 2.61 bits per heavy atom. The zero-order valence-electron chi connectivity index (χ0n) is 12.3. The molecule has 1 rings (SSSR count). The first-order valence-electron chi connectivity index (χ1n) is 6.51. The summed E-state index contributed by atoms with van der Waals surface area (Å²) in [6, 6.07) is 6.33. The molecule has 18 heavy (non-hydrogen) atoms. The minimum Gasteiger partial charge on any atom is -0.496 e. The van der Waals surface area contributed by atoms with Crippen molar-refractivity contribution in [1.29, 1.82) is 0 Å². The fraction of sp³-hybridized carbons (Fsp3) is 0.600. The summed E-state index contributed by atoms with van der Waals surface area (Å²) in [4.78, 5) is 0. The van der Waals surface area contributed by atoms with Crippen LogP contribution in [0.3, 0.4) is 0 Å². The Hall–Kier alpha value is -1.06. The van der Waals surface area contributed by atoms with Crippen molar-refractivity contribution in [3.63, 3.8) is 0 Å². The zero-order chi connectivity index (χ0) is 13.6. The van der Waals surface area contributed by atoms with Crippen molar-refractivity contribution in [2.45, 2.75) is 32.7 Å². The lowest BCUT2D eigenvalue weighted by atomic mass is 10.0. The van der Waals surface area contributed by atoms with E-state index in [-0.39, 0.29) is 5.54 Å². The fourth-order valence-electron chi connectivity index (χ4n) is 2.14. The van der Waals surface area contributed by atoms with E-state index in [4.69, 9.17) is 4.74 Å². The summed E-state index contributed by atoms with van der Waals surface area (Å²) >= 11 is 0. The Morgan fingerprint density at radius 2 is 2.00 bits per heavy atom. The Morgan fingerprint density at radius 1 is 1.28 bits per heavy atom. The second-order valence-electron chi connectivity index (χ2n) is 5.41. The van der Waals surface area contributed by atoms with E-state index >= 15 is 0 Å². The first-order valence-corrected chi connectivity index (χ1v) is 6.51. The van der Waals surface area contributed by atoms with Crippen LogP contribution in [0.15, 0.2) is 18.2 Å². The van der Waals surface area contributed by atoms with Crippen molar-refractivity contribution in [3.8, 4) is 5.75 Å². The second-order valence-corrected chi connectivity index (χ2v) is 5.41. The Kier molecular flexibility index (Phi) is 5.63. The molecule has 0 amide bonds. The normalized spacial score (nSPS) is 11.6. The van der Waals surface area contributed by atoms with Crippen LogP contribution in [0.5, 0.6) is 5.75 Å². The summed E-state index contributed by atoms with van der Waals surface area (Å²) in [6.07, 6.45) is 0.984. The van der Waals surface area contributed by atoms with Crippen molar-refractivity contribution < 1.29 is 4.74 Å². The molecule has 0 atom stereocenters. The molecule has 3 heteroatoms. The molecule has 0 aliphatic heterocycles. The molecule has 1 aromatic rings. The zero-order valence-corrected chi connectivity index (χ0v) is 12.3. The second kappa shape index (κ2) is 6.76. The van der Waals surface area contributed by atoms with Crippen molar-refractivity contribution in [1.82, 2.24) is 10.6 Å². The standard InChI is InChI=1S/C15H26N2O/c1-12-6-7-14(18-5)13(10-12)8-9-17-15(2,3)11-16-4/h6-7,10,16-17H,8-9,11H2,1-5H3. The predicted molar refractivity (Wildman–Crippen MR) is 77.4 cm³/mol. The Balaban J connectivity index is 2.55. The highest BCUT2D eigenvalue weighted by Gasteiger charge is 2.15. The largest absolute Gasteiger partial charge is 0.496 e.